The summed E-state index contributed by atoms with van der Waals surface area (Å²) >= 11 is 0. The van der Waals surface area contributed by atoms with Gasteiger partial charge < -0.3 is 0 Å². The Kier molecular flexibility index (Phi) is 5.39. The molecule has 0 fully saturated rings. The largest absolute Gasteiger partial charge is 0.506 e. The number of pyridine rings is 1. The summed E-state index contributed by atoms with van der Waals surface area (Å²) in [5.41, 5.74) is 0. The Morgan fingerprint density at radius 3 is 3.00 bits per heavy atom. The van der Waals surface area contributed by atoms with Crippen molar-refractivity contribution in [2.45, 2.75) is 5.03 Å². The minimum atomic E-state index is -1.99. The summed E-state index contributed by atoms with van der Waals surface area (Å²) < 4.78 is 10.3. The molecule has 0 aliphatic carbocycles. The van der Waals surface area contributed by atoms with Crippen LogP contribution in [-0.4, -0.2) is 21.8 Å². The van der Waals surface area contributed by atoms with Crippen molar-refractivity contribution in [3.63, 3.8) is 0 Å². The van der Waals surface area contributed by atoms with E-state index in [1.165, 1.54) is 10.8 Å². The maximum atomic E-state index is 10.3. The van der Waals surface area contributed by atoms with E-state index in [2.05, 4.69) is 4.98 Å². The van der Waals surface area contributed by atoms with Crippen molar-refractivity contribution in [1.29, 1.82) is 0 Å². The SMILES string of the molecule is O=[P+](O)CCSSc1ccccn1. The van der Waals surface area contributed by atoms with Crippen LogP contribution < -0.4 is 0 Å². The topological polar surface area (TPSA) is 50.2 Å². The normalized spacial score (nSPS) is 11.3. The first-order valence-electron chi connectivity index (χ1n) is 3.63. The molecule has 13 heavy (non-hydrogen) atoms. The molecule has 1 aromatic rings. The highest BCUT2D eigenvalue weighted by Gasteiger charge is 2.08. The van der Waals surface area contributed by atoms with Crippen molar-refractivity contribution in [2.75, 3.05) is 11.9 Å². The molecule has 0 saturated carbocycles. The summed E-state index contributed by atoms with van der Waals surface area (Å²) in [6.45, 7) is 0. The van der Waals surface area contributed by atoms with Gasteiger partial charge in [-0.2, -0.15) is 4.89 Å². The fourth-order valence-corrected chi connectivity index (χ4v) is 3.56. The Hall–Kier alpha value is -0.0900. The van der Waals surface area contributed by atoms with Crippen LogP contribution in [0.2, 0.25) is 0 Å². The molecule has 0 spiro atoms. The van der Waals surface area contributed by atoms with E-state index in [1.54, 1.807) is 17.0 Å². The van der Waals surface area contributed by atoms with Crippen LogP contribution in [0.15, 0.2) is 29.4 Å². The Balaban J connectivity index is 2.17. The van der Waals surface area contributed by atoms with E-state index in [-0.39, 0.29) is 0 Å². The van der Waals surface area contributed by atoms with Gasteiger partial charge in [0.25, 0.3) is 0 Å². The molecule has 1 rings (SSSR count). The highest BCUT2D eigenvalue weighted by Crippen LogP contribution is 2.30. The first kappa shape index (κ1) is 11.0. The molecule has 1 atom stereocenters. The van der Waals surface area contributed by atoms with Crippen molar-refractivity contribution in [1.82, 2.24) is 4.98 Å². The standard InChI is InChI=1S/C7H8NO2PS2/c9-11(10)5-6-12-13-7-3-1-2-4-8-7/h1-4H,5-6H2/p+1. The number of aromatic nitrogens is 1. The summed E-state index contributed by atoms with van der Waals surface area (Å²) in [5, 5.41) is 0.931. The van der Waals surface area contributed by atoms with Crippen molar-refractivity contribution < 1.29 is 9.46 Å². The van der Waals surface area contributed by atoms with Gasteiger partial charge in [-0.25, -0.2) is 4.98 Å². The van der Waals surface area contributed by atoms with E-state index in [4.69, 9.17) is 4.89 Å². The third-order valence-electron chi connectivity index (χ3n) is 1.15. The Bertz CT molecular complexity index is 270. The van der Waals surface area contributed by atoms with Gasteiger partial charge in [0, 0.05) is 6.20 Å². The van der Waals surface area contributed by atoms with Crippen LogP contribution in [0.3, 0.4) is 0 Å². The van der Waals surface area contributed by atoms with Gasteiger partial charge in [0.2, 0.25) is 0 Å². The van der Waals surface area contributed by atoms with Gasteiger partial charge in [-0.1, -0.05) is 16.9 Å². The lowest BCUT2D eigenvalue weighted by Gasteiger charge is -1.94. The van der Waals surface area contributed by atoms with Crippen LogP contribution in [0, 0.1) is 0 Å². The van der Waals surface area contributed by atoms with Crippen LogP contribution in [0.5, 0.6) is 0 Å². The fourth-order valence-electron chi connectivity index (χ4n) is 0.614. The molecule has 1 N–H and O–H groups in total. The van der Waals surface area contributed by atoms with E-state index >= 15 is 0 Å². The molecule has 1 heterocycles. The lowest BCUT2D eigenvalue weighted by molar-refractivity contribution is 0.505. The number of hydrogen-bond donors (Lipinski definition) is 1. The molecule has 0 amide bonds. The van der Waals surface area contributed by atoms with Gasteiger partial charge in [-0.15, -0.1) is 0 Å². The van der Waals surface area contributed by atoms with Gasteiger partial charge in [-0.3, -0.25) is 0 Å². The van der Waals surface area contributed by atoms with E-state index < -0.39 is 8.03 Å². The average molecular weight is 234 g/mol. The quantitative estimate of drug-likeness (QED) is 0.482. The summed E-state index contributed by atoms with van der Waals surface area (Å²) in [5.74, 6) is 0.674. The van der Waals surface area contributed by atoms with Gasteiger partial charge >= 0.3 is 8.03 Å². The number of nitrogens with zero attached hydrogens (tertiary/aromatic N) is 1. The number of rotatable bonds is 5. The minimum absolute atomic E-state index is 0.347. The second-order valence-corrected chi connectivity index (χ2v) is 5.74. The monoisotopic (exact) mass is 234 g/mol. The highest BCUT2D eigenvalue weighted by atomic mass is 33.1. The fraction of sp³-hybridized carbons (Fsp3) is 0.286. The minimum Gasteiger partial charge on any atom is -0.249 e. The van der Waals surface area contributed by atoms with Crippen LogP contribution in [0.4, 0.5) is 0 Å². The summed E-state index contributed by atoms with van der Waals surface area (Å²) in [7, 11) is 1.09. The third kappa shape index (κ3) is 5.26. The smallest absolute Gasteiger partial charge is 0.249 e. The highest BCUT2D eigenvalue weighted by molar-refractivity contribution is 8.76. The molecule has 0 aliphatic heterocycles. The lowest BCUT2D eigenvalue weighted by Crippen LogP contribution is -1.80. The predicted molar refractivity (Wildman–Crippen MR) is 57.2 cm³/mol. The second-order valence-electron chi connectivity index (χ2n) is 2.15. The molecule has 3 nitrogen and oxygen atoms in total. The molecule has 0 aromatic carbocycles. The Labute approximate surface area is 85.6 Å². The van der Waals surface area contributed by atoms with E-state index in [0.717, 1.165) is 5.03 Å². The zero-order valence-electron chi connectivity index (χ0n) is 6.79. The van der Waals surface area contributed by atoms with Crippen LogP contribution in [0.25, 0.3) is 0 Å². The average Bonchev–Trinajstić information content (AvgIpc) is 2.14. The van der Waals surface area contributed by atoms with Crippen LogP contribution in [0.1, 0.15) is 0 Å². The molecule has 70 valence electrons. The second kappa shape index (κ2) is 6.38. The van der Waals surface area contributed by atoms with Gasteiger partial charge in [0.15, 0.2) is 6.16 Å². The van der Waals surface area contributed by atoms with Gasteiger partial charge in [0.1, 0.15) is 5.03 Å². The summed E-state index contributed by atoms with van der Waals surface area (Å²) in [6, 6.07) is 5.69. The molecule has 0 bridgehead atoms. The van der Waals surface area contributed by atoms with Gasteiger partial charge in [-0.05, 0) is 27.5 Å². The summed E-state index contributed by atoms with van der Waals surface area (Å²) in [4.78, 5) is 12.6. The maximum Gasteiger partial charge on any atom is 0.506 e. The van der Waals surface area contributed by atoms with E-state index in [9.17, 15) is 4.57 Å². The molecule has 0 radical (unpaired) electrons. The zero-order chi connectivity index (χ0) is 9.52. The third-order valence-corrected chi connectivity index (χ3v) is 4.32. The lowest BCUT2D eigenvalue weighted by atomic mass is 10.5. The van der Waals surface area contributed by atoms with E-state index in [1.807, 2.05) is 18.2 Å². The first-order valence-corrected chi connectivity index (χ1v) is 7.35. The number of hydrogen-bond acceptors (Lipinski definition) is 4. The molecule has 0 aliphatic rings. The molecule has 1 aromatic heterocycles. The molecular formula is C7H9NO2PS2+. The summed E-state index contributed by atoms with van der Waals surface area (Å²) in [6.07, 6.45) is 2.08. The Morgan fingerprint density at radius 1 is 1.54 bits per heavy atom. The van der Waals surface area contributed by atoms with Crippen LogP contribution in [-0.2, 0) is 4.57 Å². The zero-order valence-corrected chi connectivity index (χ0v) is 9.32. The van der Waals surface area contributed by atoms with Crippen LogP contribution >= 0.6 is 29.6 Å². The molecule has 0 saturated heterocycles. The molecular weight excluding hydrogens is 225 g/mol. The van der Waals surface area contributed by atoms with Crippen molar-refractivity contribution in [3.8, 4) is 0 Å². The van der Waals surface area contributed by atoms with Crippen molar-refractivity contribution >= 4 is 29.6 Å². The molecule has 6 heteroatoms. The molecule has 1 unspecified atom stereocenters. The van der Waals surface area contributed by atoms with Crippen molar-refractivity contribution in [3.05, 3.63) is 24.4 Å². The van der Waals surface area contributed by atoms with Gasteiger partial charge in [0.05, 0.1) is 5.75 Å². The first-order chi connectivity index (χ1) is 6.29. The van der Waals surface area contributed by atoms with E-state index in [0.29, 0.717) is 11.9 Å². The predicted octanol–water partition coefficient (Wildman–Crippen LogP) is 2.56. The maximum absolute atomic E-state index is 10.3. The van der Waals surface area contributed by atoms with Crippen molar-refractivity contribution in [2.24, 2.45) is 0 Å². The Morgan fingerprint density at radius 2 is 2.38 bits per heavy atom.